The summed E-state index contributed by atoms with van der Waals surface area (Å²) in [6, 6.07) is 17.8. The van der Waals surface area contributed by atoms with Gasteiger partial charge in [0, 0.05) is 18.1 Å². The SMILES string of the molecule is CC[C@@H](C(=O)NCC(C)C)N(Cc1ccc(OC)cc1)C(=O)CN(c1cccc(Cl)c1C)S(=O)(=O)c1ccc(C)cc1. The van der Waals surface area contributed by atoms with Crippen LogP contribution in [0.2, 0.25) is 5.02 Å². The molecule has 0 saturated heterocycles. The number of aryl methyl sites for hydroxylation is 1. The number of anilines is 1. The number of carbonyl (C=O) groups excluding carboxylic acids is 2. The third kappa shape index (κ3) is 8.04. The fourth-order valence-corrected chi connectivity index (χ4v) is 6.13. The Kier molecular flexibility index (Phi) is 11.4. The van der Waals surface area contributed by atoms with E-state index in [0.29, 0.717) is 29.3 Å². The first-order valence-electron chi connectivity index (χ1n) is 13.9. The van der Waals surface area contributed by atoms with Crippen LogP contribution in [-0.4, -0.2) is 51.4 Å². The molecule has 10 heteroatoms. The zero-order chi connectivity index (χ0) is 31.0. The molecule has 0 saturated carbocycles. The lowest BCUT2D eigenvalue weighted by Gasteiger charge is -2.33. The van der Waals surface area contributed by atoms with E-state index >= 15 is 0 Å². The van der Waals surface area contributed by atoms with E-state index in [1.54, 1.807) is 56.5 Å². The second-order valence-corrected chi connectivity index (χ2v) is 12.9. The molecule has 0 aliphatic carbocycles. The molecule has 0 unspecified atom stereocenters. The summed E-state index contributed by atoms with van der Waals surface area (Å²) in [5.74, 6) is 0.0654. The van der Waals surface area contributed by atoms with Crippen molar-refractivity contribution in [3.63, 3.8) is 0 Å². The van der Waals surface area contributed by atoms with Gasteiger partial charge in [-0.15, -0.1) is 0 Å². The second-order valence-electron chi connectivity index (χ2n) is 10.6. The summed E-state index contributed by atoms with van der Waals surface area (Å²) in [5.41, 5.74) is 2.48. The second kappa shape index (κ2) is 14.6. The maximum atomic E-state index is 14.2. The number of benzene rings is 3. The Morgan fingerprint density at radius 1 is 0.976 bits per heavy atom. The largest absolute Gasteiger partial charge is 0.497 e. The van der Waals surface area contributed by atoms with Gasteiger partial charge in [-0.2, -0.15) is 0 Å². The highest BCUT2D eigenvalue weighted by Crippen LogP contribution is 2.31. The highest BCUT2D eigenvalue weighted by molar-refractivity contribution is 7.92. The van der Waals surface area contributed by atoms with Crippen LogP contribution in [0.5, 0.6) is 5.75 Å². The van der Waals surface area contributed by atoms with Gasteiger partial charge in [0.05, 0.1) is 17.7 Å². The smallest absolute Gasteiger partial charge is 0.264 e. The molecule has 0 fully saturated rings. The van der Waals surface area contributed by atoms with Crippen LogP contribution in [0, 0.1) is 19.8 Å². The van der Waals surface area contributed by atoms with Crippen LogP contribution >= 0.6 is 11.6 Å². The molecule has 0 aliphatic rings. The van der Waals surface area contributed by atoms with Crippen LogP contribution in [0.1, 0.15) is 43.9 Å². The zero-order valence-corrected chi connectivity index (χ0v) is 26.6. The number of methoxy groups -OCH3 is 1. The number of amides is 2. The molecule has 1 atom stereocenters. The Balaban J connectivity index is 2.08. The summed E-state index contributed by atoms with van der Waals surface area (Å²) in [6.45, 7) is 9.41. The number of sulfonamides is 1. The third-order valence-electron chi connectivity index (χ3n) is 6.98. The summed E-state index contributed by atoms with van der Waals surface area (Å²) in [6.07, 6.45) is 0.340. The van der Waals surface area contributed by atoms with Crippen molar-refractivity contribution in [2.45, 2.75) is 58.5 Å². The number of ether oxygens (including phenoxy) is 1. The van der Waals surface area contributed by atoms with Crippen molar-refractivity contribution in [1.29, 1.82) is 0 Å². The molecule has 226 valence electrons. The average Bonchev–Trinajstić information content (AvgIpc) is 2.96. The van der Waals surface area contributed by atoms with Crippen LogP contribution in [0.25, 0.3) is 0 Å². The highest BCUT2D eigenvalue weighted by Gasteiger charge is 2.34. The number of nitrogens with one attached hydrogen (secondary N) is 1. The van der Waals surface area contributed by atoms with Gasteiger partial charge in [0.2, 0.25) is 11.8 Å². The molecular formula is C32H40ClN3O5S. The van der Waals surface area contributed by atoms with E-state index in [1.807, 2.05) is 39.8 Å². The number of hydrogen-bond donors (Lipinski definition) is 1. The van der Waals surface area contributed by atoms with E-state index in [2.05, 4.69) is 5.32 Å². The monoisotopic (exact) mass is 613 g/mol. The van der Waals surface area contributed by atoms with Gasteiger partial charge in [-0.1, -0.05) is 68.3 Å². The van der Waals surface area contributed by atoms with Crippen LogP contribution in [0.4, 0.5) is 5.69 Å². The third-order valence-corrected chi connectivity index (χ3v) is 9.16. The Hall–Kier alpha value is -3.56. The molecular weight excluding hydrogens is 574 g/mol. The van der Waals surface area contributed by atoms with Crippen molar-refractivity contribution < 1.29 is 22.7 Å². The summed E-state index contributed by atoms with van der Waals surface area (Å²) in [5, 5.41) is 3.31. The topological polar surface area (TPSA) is 96.0 Å². The van der Waals surface area contributed by atoms with E-state index in [9.17, 15) is 18.0 Å². The predicted octanol–water partition coefficient (Wildman–Crippen LogP) is 5.74. The lowest BCUT2D eigenvalue weighted by atomic mass is 10.1. The Bertz CT molecular complexity index is 1470. The fourth-order valence-electron chi connectivity index (χ4n) is 4.49. The fraction of sp³-hybridized carbons (Fsp3) is 0.375. The summed E-state index contributed by atoms with van der Waals surface area (Å²) >= 11 is 6.40. The van der Waals surface area contributed by atoms with E-state index in [1.165, 1.54) is 17.0 Å². The number of rotatable bonds is 13. The van der Waals surface area contributed by atoms with Crippen LogP contribution in [-0.2, 0) is 26.2 Å². The maximum absolute atomic E-state index is 14.2. The molecule has 0 spiro atoms. The van der Waals surface area contributed by atoms with E-state index < -0.39 is 28.5 Å². The molecule has 0 aromatic heterocycles. The lowest BCUT2D eigenvalue weighted by Crippen LogP contribution is -2.52. The van der Waals surface area contributed by atoms with Crippen molar-refractivity contribution in [3.05, 3.63) is 88.4 Å². The molecule has 3 aromatic carbocycles. The van der Waals surface area contributed by atoms with Gasteiger partial charge in [-0.25, -0.2) is 8.42 Å². The van der Waals surface area contributed by atoms with Crippen molar-refractivity contribution in [1.82, 2.24) is 10.2 Å². The normalized spacial score (nSPS) is 12.1. The lowest BCUT2D eigenvalue weighted by molar-refractivity contribution is -0.140. The van der Waals surface area contributed by atoms with Crippen molar-refractivity contribution in [3.8, 4) is 5.75 Å². The Morgan fingerprint density at radius 2 is 1.62 bits per heavy atom. The molecule has 1 N–H and O–H groups in total. The predicted molar refractivity (Wildman–Crippen MR) is 167 cm³/mol. The van der Waals surface area contributed by atoms with Crippen LogP contribution < -0.4 is 14.4 Å². The number of nitrogens with zero attached hydrogens (tertiary/aromatic N) is 2. The summed E-state index contributed by atoms with van der Waals surface area (Å²) in [4.78, 5) is 29.1. The van der Waals surface area contributed by atoms with Gasteiger partial charge in [-0.05, 0) is 73.7 Å². The Labute approximate surface area is 254 Å². The maximum Gasteiger partial charge on any atom is 0.264 e. The van der Waals surface area contributed by atoms with Crippen LogP contribution in [0.15, 0.2) is 71.6 Å². The van der Waals surface area contributed by atoms with Gasteiger partial charge < -0.3 is 15.0 Å². The zero-order valence-electron chi connectivity index (χ0n) is 25.1. The Morgan fingerprint density at radius 3 is 2.19 bits per heavy atom. The molecule has 3 rings (SSSR count). The van der Waals surface area contributed by atoms with Gasteiger partial charge in [0.15, 0.2) is 0 Å². The number of hydrogen-bond acceptors (Lipinski definition) is 5. The van der Waals surface area contributed by atoms with Crippen molar-refractivity contribution in [2.24, 2.45) is 5.92 Å². The number of carbonyl (C=O) groups is 2. The standard InChI is InChI=1S/C32H40ClN3O5S/c1-7-29(32(38)34-19-22(2)3)35(20-25-13-15-26(41-6)16-14-25)31(37)21-36(30-10-8-9-28(33)24(30)5)42(39,40)27-17-11-23(4)12-18-27/h8-18,22,29H,7,19-21H2,1-6H3,(H,34,38)/t29-/m0/s1. The van der Waals surface area contributed by atoms with Crippen molar-refractivity contribution >= 4 is 39.1 Å². The first-order chi connectivity index (χ1) is 19.9. The molecule has 2 amide bonds. The first-order valence-corrected chi connectivity index (χ1v) is 15.7. The number of halogens is 1. The molecule has 0 bridgehead atoms. The molecule has 0 aliphatic heterocycles. The van der Waals surface area contributed by atoms with Crippen LogP contribution in [0.3, 0.4) is 0 Å². The summed E-state index contributed by atoms with van der Waals surface area (Å²) < 4.78 is 34.5. The van der Waals surface area contributed by atoms with E-state index in [-0.39, 0.29) is 29.0 Å². The first kappa shape index (κ1) is 32.9. The van der Waals surface area contributed by atoms with Gasteiger partial charge in [0.1, 0.15) is 18.3 Å². The quantitative estimate of drug-likeness (QED) is 0.265. The molecule has 0 radical (unpaired) electrons. The van der Waals surface area contributed by atoms with Gasteiger partial charge in [-0.3, -0.25) is 13.9 Å². The summed E-state index contributed by atoms with van der Waals surface area (Å²) in [7, 11) is -2.62. The molecule has 0 heterocycles. The highest BCUT2D eigenvalue weighted by atomic mass is 35.5. The van der Waals surface area contributed by atoms with E-state index in [4.69, 9.17) is 16.3 Å². The van der Waals surface area contributed by atoms with E-state index in [0.717, 1.165) is 15.4 Å². The minimum atomic E-state index is -4.18. The van der Waals surface area contributed by atoms with Gasteiger partial charge in [0.25, 0.3) is 10.0 Å². The molecule has 42 heavy (non-hydrogen) atoms. The minimum Gasteiger partial charge on any atom is -0.497 e. The van der Waals surface area contributed by atoms with Gasteiger partial charge >= 0.3 is 0 Å². The average molecular weight is 614 g/mol. The minimum absolute atomic E-state index is 0.0451. The molecule has 3 aromatic rings. The molecule has 8 nitrogen and oxygen atoms in total. The van der Waals surface area contributed by atoms with Crippen molar-refractivity contribution in [2.75, 3.05) is 24.5 Å².